The van der Waals surface area contributed by atoms with E-state index in [0.29, 0.717) is 25.6 Å². The van der Waals surface area contributed by atoms with Gasteiger partial charge in [-0.15, -0.1) is 0 Å². The molecule has 7 heteroatoms. The molecule has 1 fully saturated rings. The monoisotopic (exact) mass is 447 g/mol. The van der Waals surface area contributed by atoms with Crippen molar-refractivity contribution in [3.05, 3.63) is 83.4 Å². The lowest BCUT2D eigenvalue weighted by Gasteiger charge is -2.17. The van der Waals surface area contributed by atoms with Crippen LogP contribution in [0.5, 0.6) is 5.75 Å². The number of hydrogen-bond acceptors (Lipinski definition) is 4. The molecule has 2 aromatic carbocycles. The minimum absolute atomic E-state index is 0.477. The van der Waals surface area contributed by atoms with Crippen molar-refractivity contribution in [2.24, 2.45) is 10.9 Å². The summed E-state index contributed by atoms with van der Waals surface area (Å²) in [5.74, 6) is 2.16. The van der Waals surface area contributed by atoms with Crippen LogP contribution in [0.25, 0.3) is 0 Å². The molecule has 2 N–H and O–H groups in total. The van der Waals surface area contributed by atoms with E-state index in [-0.39, 0.29) is 0 Å². The Hall–Kier alpha value is -3.32. The Morgan fingerprint density at radius 3 is 2.85 bits per heavy atom. The van der Waals surface area contributed by atoms with Gasteiger partial charge in [-0.05, 0) is 36.1 Å². The first kappa shape index (κ1) is 22.9. The third kappa shape index (κ3) is 6.83. The zero-order valence-corrected chi connectivity index (χ0v) is 19.5. The third-order valence-corrected chi connectivity index (χ3v) is 5.77. The average molecular weight is 448 g/mol. The van der Waals surface area contributed by atoms with Crippen LogP contribution < -0.4 is 15.4 Å². The molecule has 0 bridgehead atoms. The molecule has 174 valence electrons. The molecular formula is C26H33N5O2. The van der Waals surface area contributed by atoms with Crippen LogP contribution in [0.15, 0.2) is 66.2 Å². The standard InChI is InChI=1S/C26H33N5O2/c1-20-6-7-24(25(12-20)33-18-23-8-11-32-17-23)15-30-26(27-2)29-14-21-4-3-5-22(13-21)16-31-10-9-28-19-31/h3-7,9-10,12-13,19,23H,8,11,14-18H2,1-2H3,(H2,27,29,30). The molecule has 1 atom stereocenters. The number of aromatic nitrogens is 2. The molecule has 0 saturated carbocycles. The van der Waals surface area contributed by atoms with E-state index >= 15 is 0 Å². The molecule has 1 saturated heterocycles. The zero-order chi connectivity index (χ0) is 22.9. The topological polar surface area (TPSA) is 72.7 Å². The lowest BCUT2D eigenvalue weighted by atomic mass is 10.1. The van der Waals surface area contributed by atoms with Gasteiger partial charge in [0.15, 0.2) is 5.96 Å². The van der Waals surface area contributed by atoms with Gasteiger partial charge in [-0.3, -0.25) is 4.99 Å². The summed E-state index contributed by atoms with van der Waals surface area (Å²) in [4.78, 5) is 8.49. The Bertz CT molecular complexity index is 1040. The number of imidazole rings is 1. The minimum Gasteiger partial charge on any atom is -0.493 e. The van der Waals surface area contributed by atoms with Crippen molar-refractivity contribution < 1.29 is 9.47 Å². The molecule has 1 aliphatic heterocycles. The second-order valence-corrected chi connectivity index (χ2v) is 8.49. The van der Waals surface area contributed by atoms with E-state index in [4.69, 9.17) is 9.47 Å². The average Bonchev–Trinajstić information content (AvgIpc) is 3.53. The maximum Gasteiger partial charge on any atom is 0.191 e. The summed E-state index contributed by atoms with van der Waals surface area (Å²) in [5.41, 5.74) is 4.75. The number of nitrogens with one attached hydrogen (secondary N) is 2. The Morgan fingerprint density at radius 2 is 2.06 bits per heavy atom. The smallest absolute Gasteiger partial charge is 0.191 e. The Kier molecular flexibility index (Phi) is 7.98. The number of aliphatic imine (C=N–C) groups is 1. The summed E-state index contributed by atoms with van der Waals surface area (Å²) in [6, 6.07) is 14.9. The van der Waals surface area contributed by atoms with Gasteiger partial charge in [-0.1, -0.05) is 36.4 Å². The first-order valence-electron chi connectivity index (χ1n) is 11.5. The van der Waals surface area contributed by atoms with Crippen molar-refractivity contribution in [3.63, 3.8) is 0 Å². The van der Waals surface area contributed by atoms with Gasteiger partial charge in [0.25, 0.3) is 0 Å². The van der Waals surface area contributed by atoms with Crippen molar-refractivity contribution in [3.8, 4) is 5.75 Å². The molecule has 0 amide bonds. The largest absolute Gasteiger partial charge is 0.493 e. The molecule has 33 heavy (non-hydrogen) atoms. The molecule has 0 spiro atoms. The highest BCUT2D eigenvalue weighted by atomic mass is 16.5. The van der Waals surface area contributed by atoms with Crippen molar-refractivity contribution in [1.82, 2.24) is 20.2 Å². The third-order valence-electron chi connectivity index (χ3n) is 5.77. The number of rotatable bonds is 9. The van der Waals surface area contributed by atoms with Crippen molar-refractivity contribution >= 4 is 5.96 Å². The van der Waals surface area contributed by atoms with E-state index in [1.807, 2.05) is 12.5 Å². The summed E-state index contributed by atoms with van der Waals surface area (Å²) in [6.45, 7) is 6.55. The Labute approximate surface area is 195 Å². The van der Waals surface area contributed by atoms with Gasteiger partial charge in [0.1, 0.15) is 5.75 Å². The molecule has 1 aliphatic rings. The SMILES string of the molecule is CN=C(NCc1cccc(Cn2ccnc2)c1)NCc1ccc(C)cc1OCC1CCOC1. The maximum atomic E-state index is 6.17. The first-order chi connectivity index (χ1) is 16.2. The first-order valence-corrected chi connectivity index (χ1v) is 11.5. The normalized spacial score (nSPS) is 16.1. The highest BCUT2D eigenvalue weighted by Crippen LogP contribution is 2.22. The van der Waals surface area contributed by atoms with Gasteiger partial charge in [0, 0.05) is 57.2 Å². The number of ether oxygens (including phenoxy) is 2. The van der Waals surface area contributed by atoms with Crippen LogP contribution in [0.4, 0.5) is 0 Å². The molecular weight excluding hydrogens is 414 g/mol. The van der Waals surface area contributed by atoms with Crippen LogP contribution in [-0.2, 0) is 24.4 Å². The Balaban J connectivity index is 1.31. The fourth-order valence-electron chi connectivity index (χ4n) is 3.88. The molecule has 0 aliphatic carbocycles. The molecule has 3 aromatic rings. The predicted octanol–water partition coefficient (Wildman–Crippen LogP) is 3.52. The van der Waals surface area contributed by atoms with Crippen LogP contribution in [0, 0.1) is 12.8 Å². The zero-order valence-electron chi connectivity index (χ0n) is 19.5. The lowest BCUT2D eigenvalue weighted by Crippen LogP contribution is -2.36. The van der Waals surface area contributed by atoms with E-state index in [2.05, 4.69) is 74.6 Å². The van der Waals surface area contributed by atoms with E-state index < -0.39 is 0 Å². The predicted molar refractivity (Wildman–Crippen MR) is 130 cm³/mol. The summed E-state index contributed by atoms with van der Waals surface area (Å²) in [7, 11) is 1.79. The number of guanidine groups is 1. The van der Waals surface area contributed by atoms with Gasteiger partial charge in [-0.2, -0.15) is 0 Å². The highest BCUT2D eigenvalue weighted by Gasteiger charge is 2.17. The van der Waals surface area contributed by atoms with Crippen LogP contribution in [-0.4, -0.2) is 42.4 Å². The number of nitrogens with zero attached hydrogens (tertiary/aromatic N) is 3. The molecule has 2 heterocycles. The lowest BCUT2D eigenvalue weighted by molar-refractivity contribution is 0.166. The van der Waals surface area contributed by atoms with Crippen molar-refractivity contribution in [2.45, 2.75) is 33.0 Å². The minimum atomic E-state index is 0.477. The molecule has 4 rings (SSSR count). The summed E-state index contributed by atoms with van der Waals surface area (Å²) in [5, 5.41) is 6.83. The van der Waals surface area contributed by atoms with E-state index in [1.165, 1.54) is 16.7 Å². The van der Waals surface area contributed by atoms with Crippen molar-refractivity contribution in [2.75, 3.05) is 26.9 Å². The van der Waals surface area contributed by atoms with Gasteiger partial charge in [-0.25, -0.2) is 4.98 Å². The van der Waals surface area contributed by atoms with E-state index in [9.17, 15) is 0 Å². The van der Waals surface area contributed by atoms with Gasteiger partial charge < -0.3 is 24.7 Å². The molecule has 1 aromatic heterocycles. The number of hydrogen-bond donors (Lipinski definition) is 2. The summed E-state index contributed by atoms with van der Waals surface area (Å²) >= 11 is 0. The van der Waals surface area contributed by atoms with Gasteiger partial charge in [0.05, 0.1) is 19.5 Å². The second kappa shape index (κ2) is 11.5. The van der Waals surface area contributed by atoms with Crippen LogP contribution in [0.1, 0.15) is 28.7 Å². The molecule has 1 unspecified atom stereocenters. The van der Waals surface area contributed by atoms with Gasteiger partial charge in [0.2, 0.25) is 0 Å². The van der Waals surface area contributed by atoms with Crippen LogP contribution in [0.3, 0.4) is 0 Å². The summed E-state index contributed by atoms with van der Waals surface area (Å²) < 4.78 is 13.7. The highest BCUT2D eigenvalue weighted by molar-refractivity contribution is 5.79. The van der Waals surface area contributed by atoms with Crippen molar-refractivity contribution in [1.29, 1.82) is 0 Å². The Morgan fingerprint density at radius 1 is 1.18 bits per heavy atom. The fraction of sp³-hybridized carbons (Fsp3) is 0.385. The number of benzene rings is 2. The second-order valence-electron chi connectivity index (χ2n) is 8.49. The van der Waals surface area contributed by atoms with E-state index in [0.717, 1.165) is 43.5 Å². The van der Waals surface area contributed by atoms with Crippen LogP contribution >= 0.6 is 0 Å². The van der Waals surface area contributed by atoms with Gasteiger partial charge >= 0.3 is 0 Å². The quantitative estimate of drug-likeness (QED) is 0.388. The fourth-order valence-corrected chi connectivity index (χ4v) is 3.88. The molecule has 0 radical (unpaired) electrons. The van der Waals surface area contributed by atoms with Crippen LogP contribution in [0.2, 0.25) is 0 Å². The number of aryl methyl sites for hydroxylation is 1. The van der Waals surface area contributed by atoms with E-state index in [1.54, 1.807) is 13.2 Å². The summed E-state index contributed by atoms with van der Waals surface area (Å²) in [6.07, 6.45) is 6.68. The molecule has 7 nitrogen and oxygen atoms in total. The maximum absolute atomic E-state index is 6.17.